The van der Waals surface area contributed by atoms with E-state index < -0.39 is 23.6 Å². The number of hydrogen-bond donors (Lipinski definition) is 1. The third kappa shape index (κ3) is 8.41. The first-order valence-electron chi connectivity index (χ1n) is 17.3. The van der Waals surface area contributed by atoms with E-state index in [9.17, 15) is 19.6 Å². The Morgan fingerprint density at radius 3 is 2.40 bits per heavy atom. The maximum Gasteiger partial charge on any atom is 0.318 e. The predicted molar refractivity (Wildman–Crippen MR) is 198 cm³/mol. The van der Waals surface area contributed by atoms with Gasteiger partial charge in [-0.15, -0.1) is 0 Å². The summed E-state index contributed by atoms with van der Waals surface area (Å²) in [5, 5.41) is 21.8. The van der Waals surface area contributed by atoms with Crippen molar-refractivity contribution in [1.29, 1.82) is 5.26 Å². The lowest BCUT2D eigenvalue weighted by atomic mass is 9.96. The molecule has 11 nitrogen and oxygen atoms in total. The second-order valence-corrected chi connectivity index (χ2v) is 12.1. The lowest BCUT2D eigenvalue weighted by Gasteiger charge is -2.41. The van der Waals surface area contributed by atoms with Crippen molar-refractivity contribution in [3.8, 4) is 29.0 Å². The lowest BCUT2D eigenvalue weighted by Crippen LogP contribution is -2.55. The second-order valence-electron chi connectivity index (χ2n) is 12.1. The Bertz CT molecular complexity index is 2080. The highest BCUT2D eigenvalue weighted by atomic mass is 19.1. The maximum atomic E-state index is 16.3. The van der Waals surface area contributed by atoms with Crippen LogP contribution in [0.15, 0.2) is 72.8 Å². The smallest absolute Gasteiger partial charge is 0.318 e. The van der Waals surface area contributed by atoms with Crippen molar-refractivity contribution < 1.29 is 23.4 Å². The third-order valence-electron chi connectivity index (χ3n) is 8.83. The molecule has 1 amide bonds. The lowest BCUT2D eigenvalue weighted by molar-refractivity contribution is -0.131. The van der Waals surface area contributed by atoms with Gasteiger partial charge in [-0.1, -0.05) is 44.2 Å². The van der Waals surface area contributed by atoms with Gasteiger partial charge in [-0.2, -0.15) is 15.2 Å². The maximum absolute atomic E-state index is 16.3. The van der Waals surface area contributed by atoms with E-state index in [-0.39, 0.29) is 54.7 Å². The van der Waals surface area contributed by atoms with E-state index >= 15 is 4.39 Å². The highest BCUT2D eigenvalue weighted by Crippen LogP contribution is 2.38. The van der Waals surface area contributed by atoms with Gasteiger partial charge in [-0.05, 0) is 73.6 Å². The fourth-order valence-electron chi connectivity index (χ4n) is 6.35. The van der Waals surface area contributed by atoms with Gasteiger partial charge in [-0.25, -0.2) is 18.7 Å². The molecule has 2 aliphatic heterocycles. The van der Waals surface area contributed by atoms with Crippen molar-refractivity contribution in [2.45, 2.75) is 39.2 Å². The number of likely N-dealkylation sites (tertiary alicyclic amines) is 1. The molecule has 0 bridgehead atoms. The SMILES string of the molecule is CC.CN1CCCC1.COc1nc(N2CCN(C(=O)/C(F)=C/c3ncccn3)C(CC#N)C2)c2ccc(-c3cc(O)cc4ccccc34)c(F)c2n1. The molecule has 1 atom stereocenters. The average Bonchev–Trinajstić information content (AvgIpc) is 3.66. The van der Waals surface area contributed by atoms with E-state index in [0.717, 1.165) is 16.8 Å². The van der Waals surface area contributed by atoms with Crippen LogP contribution >= 0.6 is 0 Å². The van der Waals surface area contributed by atoms with Gasteiger partial charge in [0.25, 0.3) is 5.91 Å². The molecule has 13 heteroatoms. The Kier molecular flexibility index (Phi) is 12.6. The molecule has 0 radical (unpaired) electrons. The fraction of sp³-hybridized carbons (Fsp3) is 0.333. The number of carbonyl (C=O) groups excluding carboxylic acids is 1. The number of carbonyl (C=O) groups is 1. The minimum absolute atomic E-state index is 0.00215. The summed E-state index contributed by atoms with van der Waals surface area (Å²) in [6, 6.07) is 16.7. The number of rotatable bonds is 6. The monoisotopic (exact) mass is 708 g/mol. The molecule has 1 N–H and O–H groups in total. The molecule has 52 heavy (non-hydrogen) atoms. The van der Waals surface area contributed by atoms with Crippen LogP contribution in [0, 0.1) is 17.1 Å². The van der Waals surface area contributed by atoms with E-state index in [0.29, 0.717) is 16.8 Å². The summed E-state index contributed by atoms with van der Waals surface area (Å²) in [6.45, 7) is 7.06. The summed E-state index contributed by atoms with van der Waals surface area (Å²) in [4.78, 5) is 35.2. The third-order valence-corrected chi connectivity index (χ3v) is 8.83. The zero-order chi connectivity index (χ0) is 37.2. The number of halogens is 2. The largest absolute Gasteiger partial charge is 0.508 e. The normalized spacial score (nSPS) is 16.1. The first-order chi connectivity index (χ1) is 25.3. The minimum atomic E-state index is -1.05. The summed E-state index contributed by atoms with van der Waals surface area (Å²) in [5.41, 5.74) is 0.735. The van der Waals surface area contributed by atoms with Crippen molar-refractivity contribution in [3.05, 3.63) is 84.5 Å². The summed E-state index contributed by atoms with van der Waals surface area (Å²) in [7, 11) is 3.54. The van der Waals surface area contributed by atoms with Crippen molar-refractivity contribution in [3.63, 3.8) is 0 Å². The molecule has 2 aromatic heterocycles. The van der Waals surface area contributed by atoms with Crippen LogP contribution < -0.4 is 9.64 Å². The first-order valence-corrected chi connectivity index (χ1v) is 17.3. The quantitative estimate of drug-likeness (QED) is 0.189. The van der Waals surface area contributed by atoms with Gasteiger partial charge < -0.3 is 24.5 Å². The molecule has 2 aliphatic rings. The molecule has 0 spiro atoms. The first kappa shape index (κ1) is 37.5. The zero-order valence-electron chi connectivity index (χ0n) is 29.8. The van der Waals surface area contributed by atoms with Crippen LogP contribution in [0.1, 0.15) is 38.9 Å². The van der Waals surface area contributed by atoms with Gasteiger partial charge in [0.05, 0.1) is 25.6 Å². The van der Waals surface area contributed by atoms with Gasteiger partial charge in [-0.3, -0.25) is 4.79 Å². The van der Waals surface area contributed by atoms with Crippen LogP contribution in [-0.2, 0) is 4.79 Å². The molecule has 7 rings (SSSR count). The number of aromatic hydroxyl groups is 1. The summed E-state index contributed by atoms with van der Waals surface area (Å²) < 4.78 is 36.6. The van der Waals surface area contributed by atoms with Gasteiger partial charge in [0.2, 0.25) is 0 Å². The molecular formula is C39H42F2N8O3. The Labute approximate surface area is 301 Å². The van der Waals surface area contributed by atoms with E-state index in [4.69, 9.17) is 4.74 Å². The van der Waals surface area contributed by atoms with Crippen molar-refractivity contribution >= 4 is 39.5 Å². The number of aromatic nitrogens is 4. The van der Waals surface area contributed by atoms with Crippen LogP contribution in [0.3, 0.4) is 0 Å². The van der Waals surface area contributed by atoms with Crippen LogP contribution in [0.2, 0.25) is 0 Å². The molecule has 2 fully saturated rings. The highest BCUT2D eigenvalue weighted by Gasteiger charge is 2.34. The Morgan fingerprint density at radius 2 is 1.73 bits per heavy atom. The Hall–Kier alpha value is -5.74. The standard InChI is InChI=1S/C32H25F2N7O3.C5H11N.C2H6/c1-44-32-38-29-24(8-7-23(28(29)34)25-16-21(42)15-19-5-2-3-6-22(19)25)30(39-32)40-13-14-41(20(18-40)9-10-35)31(43)26(33)17-27-36-11-4-12-37-27;1-6-4-2-3-5-6;1-2/h2-8,11-12,15-17,20,42H,9,13-14,18H2,1H3;2-5H2,1H3;1-2H3/b26-17-;;. The number of nitriles is 1. The van der Waals surface area contributed by atoms with E-state index in [1.165, 1.54) is 56.4 Å². The number of fused-ring (bicyclic) bond motifs is 2. The number of phenols is 1. The van der Waals surface area contributed by atoms with Gasteiger partial charge in [0, 0.05) is 49.1 Å². The summed E-state index contributed by atoms with van der Waals surface area (Å²) in [6.07, 6.45) is 6.59. The molecule has 3 aromatic carbocycles. The van der Waals surface area contributed by atoms with Gasteiger partial charge in [0.15, 0.2) is 17.5 Å². The van der Waals surface area contributed by atoms with Crippen LogP contribution in [0.4, 0.5) is 14.6 Å². The van der Waals surface area contributed by atoms with Crippen molar-refractivity contribution in [2.75, 3.05) is 51.8 Å². The number of amides is 1. The summed E-state index contributed by atoms with van der Waals surface area (Å²) in [5.74, 6) is -2.15. The van der Waals surface area contributed by atoms with Crippen molar-refractivity contribution in [1.82, 2.24) is 29.7 Å². The number of hydrogen-bond acceptors (Lipinski definition) is 10. The van der Waals surface area contributed by atoms with Crippen LogP contribution in [0.25, 0.3) is 38.9 Å². The number of methoxy groups -OCH3 is 1. The highest BCUT2D eigenvalue weighted by molar-refractivity contribution is 6.01. The van der Waals surface area contributed by atoms with Gasteiger partial charge in [0.1, 0.15) is 17.1 Å². The van der Waals surface area contributed by atoms with E-state index in [1.807, 2.05) is 43.0 Å². The number of phenolic OH excluding ortho intramolecular Hbond substituents is 1. The molecule has 5 aromatic rings. The van der Waals surface area contributed by atoms with Crippen LogP contribution in [-0.4, -0.2) is 93.7 Å². The molecule has 4 heterocycles. The van der Waals surface area contributed by atoms with E-state index in [2.05, 4.69) is 38.0 Å². The Morgan fingerprint density at radius 1 is 1.00 bits per heavy atom. The van der Waals surface area contributed by atoms with E-state index in [1.54, 1.807) is 24.3 Å². The summed E-state index contributed by atoms with van der Waals surface area (Å²) >= 11 is 0. The molecular weight excluding hydrogens is 666 g/mol. The van der Waals surface area contributed by atoms with Crippen LogP contribution in [0.5, 0.6) is 11.8 Å². The zero-order valence-corrected chi connectivity index (χ0v) is 29.8. The molecule has 2 saturated heterocycles. The van der Waals surface area contributed by atoms with Gasteiger partial charge >= 0.3 is 6.01 Å². The predicted octanol–water partition coefficient (Wildman–Crippen LogP) is 6.77. The topological polar surface area (TPSA) is 132 Å². The second kappa shape index (κ2) is 17.5. The number of ether oxygens (including phenoxy) is 1. The molecule has 0 saturated carbocycles. The molecule has 270 valence electrons. The number of anilines is 1. The number of piperazine rings is 1. The molecule has 0 aliphatic carbocycles. The number of benzene rings is 3. The Balaban J connectivity index is 0.000000586. The average molecular weight is 709 g/mol. The fourth-order valence-corrected chi connectivity index (χ4v) is 6.35. The molecule has 1 unspecified atom stereocenters. The van der Waals surface area contributed by atoms with Crippen molar-refractivity contribution in [2.24, 2.45) is 0 Å². The number of nitrogens with zero attached hydrogens (tertiary/aromatic N) is 8. The minimum Gasteiger partial charge on any atom is -0.508 e.